The molecule has 1 aromatic heterocycles. The summed E-state index contributed by atoms with van der Waals surface area (Å²) in [4.78, 5) is 1.07. The van der Waals surface area contributed by atoms with E-state index >= 15 is 0 Å². The minimum Gasteiger partial charge on any atom is -0.381 e. The number of ether oxygens (including phenoxy) is 1. The first-order valence-electron chi connectivity index (χ1n) is 7.76. The molecule has 1 aliphatic rings. The number of hydrogen-bond donors (Lipinski definition) is 1. The summed E-state index contributed by atoms with van der Waals surface area (Å²) in [6.07, 6.45) is 2.30. The molecule has 126 valence electrons. The zero-order valence-electron chi connectivity index (χ0n) is 13.5. The molecule has 1 aromatic rings. The Kier molecular flexibility index (Phi) is 6.40. The lowest BCUT2D eigenvalue weighted by Gasteiger charge is -2.32. The summed E-state index contributed by atoms with van der Waals surface area (Å²) in [6.45, 7) is 5.48. The Bertz CT molecular complexity index is 537. The first-order chi connectivity index (χ1) is 10.4. The van der Waals surface area contributed by atoms with Gasteiger partial charge in [0.1, 0.15) is 0 Å². The van der Waals surface area contributed by atoms with Crippen LogP contribution >= 0.6 is 11.3 Å². The second kappa shape index (κ2) is 7.88. The maximum atomic E-state index is 12.7. The van der Waals surface area contributed by atoms with Crippen molar-refractivity contribution in [2.24, 2.45) is 5.92 Å². The Balaban J connectivity index is 2.09. The van der Waals surface area contributed by atoms with E-state index in [2.05, 4.69) is 18.6 Å². The van der Waals surface area contributed by atoms with Gasteiger partial charge in [-0.1, -0.05) is 19.9 Å². The number of nitrogens with one attached hydrogen (secondary N) is 1. The molecule has 0 spiro atoms. The lowest BCUT2D eigenvalue weighted by Crippen LogP contribution is -2.47. The predicted molar refractivity (Wildman–Crippen MR) is 90.2 cm³/mol. The molecule has 2 rings (SSSR count). The van der Waals surface area contributed by atoms with Crippen molar-refractivity contribution >= 4 is 21.5 Å². The third-order valence-electron chi connectivity index (χ3n) is 3.97. The van der Waals surface area contributed by atoms with Crippen LogP contribution in [0.25, 0.3) is 0 Å². The van der Waals surface area contributed by atoms with Gasteiger partial charge in [0.15, 0.2) is 0 Å². The largest absolute Gasteiger partial charge is 0.381 e. The molecular weight excluding hydrogens is 320 g/mol. The fourth-order valence-electron chi connectivity index (χ4n) is 2.69. The minimum absolute atomic E-state index is 0.0225. The van der Waals surface area contributed by atoms with Gasteiger partial charge < -0.3 is 4.74 Å². The maximum absolute atomic E-state index is 12.7. The van der Waals surface area contributed by atoms with Crippen LogP contribution in [-0.2, 0) is 14.9 Å². The van der Waals surface area contributed by atoms with E-state index in [9.17, 15) is 8.42 Å². The van der Waals surface area contributed by atoms with E-state index in [0.29, 0.717) is 19.1 Å². The number of nitrogens with zero attached hydrogens (tertiary/aromatic N) is 1. The van der Waals surface area contributed by atoms with Gasteiger partial charge in [-0.3, -0.25) is 0 Å². The van der Waals surface area contributed by atoms with Gasteiger partial charge in [0.05, 0.1) is 6.04 Å². The van der Waals surface area contributed by atoms with Crippen molar-refractivity contribution in [3.8, 4) is 0 Å². The molecule has 1 N–H and O–H groups in total. The fraction of sp³-hybridized carbons (Fsp3) is 0.733. The molecule has 0 radical (unpaired) electrons. The van der Waals surface area contributed by atoms with Crippen molar-refractivity contribution in [1.82, 2.24) is 9.03 Å². The second-order valence-electron chi connectivity index (χ2n) is 6.18. The summed E-state index contributed by atoms with van der Waals surface area (Å²) in [5, 5.41) is 1.99. The fourth-order valence-corrected chi connectivity index (χ4v) is 4.91. The molecule has 0 aromatic carbocycles. The van der Waals surface area contributed by atoms with E-state index in [0.717, 1.165) is 24.1 Å². The van der Waals surface area contributed by atoms with Crippen molar-refractivity contribution < 1.29 is 13.2 Å². The normalized spacial score (nSPS) is 19.0. The highest BCUT2D eigenvalue weighted by Gasteiger charge is 2.30. The molecular formula is C15H26N2O3S2. The SMILES string of the molecule is CC(C)C[C@@H](NS(=O)(=O)N(C)C1CCOCC1)c1cccs1. The third-order valence-corrected chi connectivity index (χ3v) is 6.59. The molecule has 1 saturated heterocycles. The van der Waals surface area contributed by atoms with Crippen molar-refractivity contribution in [2.75, 3.05) is 20.3 Å². The molecule has 5 nitrogen and oxygen atoms in total. The van der Waals surface area contributed by atoms with Crippen LogP contribution in [0.1, 0.15) is 44.0 Å². The van der Waals surface area contributed by atoms with E-state index in [4.69, 9.17) is 4.74 Å². The van der Waals surface area contributed by atoms with E-state index in [1.165, 1.54) is 4.31 Å². The highest BCUT2D eigenvalue weighted by molar-refractivity contribution is 7.87. The Labute approximate surface area is 137 Å². The van der Waals surface area contributed by atoms with Gasteiger partial charge in [-0.2, -0.15) is 17.4 Å². The third kappa shape index (κ3) is 4.76. The monoisotopic (exact) mass is 346 g/mol. The Morgan fingerprint density at radius 1 is 1.41 bits per heavy atom. The molecule has 0 bridgehead atoms. The summed E-state index contributed by atoms with van der Waals surface area (Å²) in [5.41, 5.74) is 0. The van der Waals surface area contributed by atoms with Gasteiger partial charge in [-0.15, -0.1) is 11.3 Å². The molecule has 1 aliphatic heterocycles. The summed E-state index contributed by atoms with van der Waals surface area (Å²) in [7, 11) is -1.83. The summed E-state index contributed by atoms with van der Waals surface area (Å²) >= 11 is 1.60. The minimum atomic E-state index is -3.50. The quantitative estimate of drug-likeness (QED) is 0.826. The van der Waals surface area contributed by atoms with Crippen molar-refractivity contribution in [1.29, 1.82) is 0 Å². The summed E-state index contributed by atoms with van der Waals surface area (Å²) in [6, 6.07) is 3.82. The van der Waals surface area contributed by atoms with E-state index < -0.39 is 10.2 Å². The van der Waals surface area contributed by atoms with Crippen LogP contribution in [0, 0.1) is 5.92 Å². The van der Waals surface area contributed by atoms with E-state index in [-0.39, 0.29) is 12.1 Å². The molecule has 7 heteroatoms. The van der Waals surface area contributed by atoms with Crippen LogP contribution < -0.4 is 4.72 Å². The Morgan fingerprint density at radius 2 is 2.09 bits per heavy atom. The lowest BCUT2D eigenvalue weighted by atomic mass is 10.0. The molecule has 0 unspecified atom stereocenters. The van der Waals surface area contributed by atoms with Crippen LogP contribution in [0.3, 0.4) is 0 Å². The average molecular weight is 347 g/mol. The number of thiophene rings is 1. The maximum Gasteiger partial charge on any atom is 0.280 e. The molecule has 1 atom stereocenters. The predicted octanol–water partition coefficient (Wildman–Crippen LogP) is 2.78. The van der Waals surface area contributed by atoms with Crippen LogP contribution in [0.2, 0.25) is 0 Å². The molecule has 0 saturated carbocycles. The van der Waals surface area contributed by atoms with Gasteiger partial charge in [0, 0.05) is 31.2 Å². The van der Waals surface area contributed by atoms with Gasteiger partial charge >= 0.3 is 0 Å². The first kappa shape index (κ1) is 17.9. The Morgan fingerprint density at radius 3 is 2.64 bits per heavy atom. The van der Waals surface area contributed by atoms with Gasteiger partial charge in [-0.05, 0) is 36.6 Å². The highest BCUT2D eigenvalue weighted by atomic mass is 32.2. The molecule has 0 aliphatic carbocycles. The number of rotatable bonds is 7. The van der Waals surface area contributed by atoms with Gasteiger partial charge in [0.2, 0.25) is 0 Å². The Hall–Kier alpha value is -0.470. The van der Waals surface area contributed by atoms with Crippen LogP contribution in [0.15, 0.2) is 17.5 Å². The zero-order valence-corrected chi connectivity index (χ0v) is 15.1. The van der Waals surface area contributed by atoms with E-state index in [1.807, 2.05) is 17.5 Å². The van der Waals surface area contributed by atoms with E-state index in [1.54, 1.807) is 18.4 Å². The standard InChI is InChI=1S/C15H26N2O3S2/c1-12(2)11-14(15-5-4-10-21-15)16-22(18,19)17(3)13-6-8-20-9-7-13/h4-5,10,12-14,16H,6-9,11H2,1-3H3/t14-/m1/s1. The van der Waals surface area contributed by atoms with Crippen molar-refractivity contribution in [3.05, 3.63) is 22.4 Å². The molecule has 2 heterocycles. The van der Waals surface area contributed by atoms with Crippen molar-refractivity contribution in [2.45, 2.75) is 45.2 Å². The smallest absolute Gasteiger partial charge is 0.280 e. The number of hydrogen-bond acceptors (Lipinski definition) is 4. The molecule has 22 heavy (non-hydrogen) atoms. The lowest BCUT2D eigenvalue weighted by molar-refractivity contribution is 0.0628. The zero-order chi connectivity index (χ0) is 16.2. The summed E-state index contributed by atoms with van der Waals surface area (Å²) < 4.78 is 35.1. The van der Waals surface area contributed by atoms with Crippen LogP contribution in [0.4, 0.5) is 0 Å². The second-order valence-corrected chi connectivity index (χ2v) is 8.92. The van der Waals surface area contributed by atoms with Crippen LogP contribution in [-0.4, -0.2) is 39.0 Å². The molecule has 1 fully saturated rings. The summed E-state index contributed by atoms with van der Waals surface area (Å²) in [5.74, 6) is 0.420. The van der Waals surface area contributed by atoms with Crippen molar-refractivity contribution in [3.63, 3.8) is 0 Å². The van der Waals surface area contributed by atoms with Gasteiger partial charge in [-0.25, -0.2) is 0 Å². The molecule has 0 amide bonds. The first-order valence-corrected chi connectivity index (χ1v) is 10.1. The average Bonchev–Trinajstić information content (AvgIpc) is 3.00. The highest BCUT2D eigenvalue weighted by Crippen LogP contribution is 2.27. The van der Waals surface area contributed by atoms with Gasteiger partial charge in [0.25, 0.3) is 10.2 Å². The van der Waals surface area contributed by atoms with Crippen LogP contribution in [0.5, 0.6) is 0 Å². The topological polar surface area (TPSA) is 58.6 Å².